The van der Waals surface area contributed by atoms with Gasteiger partial charge in [-0.3, -0.25) is 0 Å². The fourth-order valence-electron chi connectivity index (χ4n) is 1.73. The summed E-state index contributed by atoms with van der Waals surface area (Å²) in [6.07, 6.45) is 0. The number of benzene rings is 1. The van der Waals surface area contributed by atoms with E-state index < -0.39 is 0 Å². The Morgan fingerprint density at radius 3 is 2.67 bits per heavy atom. The molecule has 1 heterocycles. The Hall–Kier alpha value is -2.61. The highest BCUT2D eigenvalue weighted by Gasteiger charge is 2.10. The molecule has 0 saturated carbocycles. The van der Waals surface area contributed by atoms with Crippen LogP contribution in [0.4, 0.5) is 17.5 Å². The number of rotatable bonds is 2. The lowest BCUT2D eigenvalue weighted by Crippen LogP contribution is -2.14. The van der Waals surface area contributed by atoms with Crippen LogP contribution in [0, 0.1) is 18.3 Å². The molecule has 2 N–H and O–H groups in total. The second kappa shape index (κ2) is 4.72. The number of hydrogen-bond donors (Lipinski definition) is 1. The van der Waals surface area contributed by atoms with E-state index in [1.165, 1.54) is 0 Å². The highest BCUT2D eigenvalue weighted by atomic mass is 15.2. The first-order valence-electron chi connectivity index (χ1n) is 5.46. The molecule has 0 atom stereocenters. The van der Waals surface area contributed by atoms with E-state index in [9.17, 15) is 0 Å². The van der Waals surface area contributed by atoms with Crippen molar-refractivity contribution in [3.63, 3.8) is 0 Å². The average Bonchev–Trinajstić information content (AvgIpc) is 2.36. The molecule has 0 spiro atoms. The zero-order chi connectivity index (χ0) is 13.1. The minimum atomic E-state index is 0.228. The van der Waals surface area contributed by atoms with Gasteiger partial charge in [-0.1, -0.05) is 12.1 Å². The molecule has 18 heavy (non-hydrogen) atoms. The second-order valence-electron chi connectivity index (χ2n) is 3.91. The Labute approximate surface area is 106 Å². The number of aromatic nitrogens is 2. The summed E-state index contributed by atoms with van der Waals surface area (Å²) in [7, 11) is 1.84. The molecule has 0 saturated heterocycles. The van der Waals surface area contributed by atoms with Crippen molar-refractivity contribution >= 4 is 17.5 Å². The Kier molecular flexibility index (Phi) is 3.11. The van der Waals surface area contributed by atoms with Crippen LogP contribution in [0.15, 0.2) is 30.3 Å². The third-order valence-corrected chi connectivity index (χ3v) is 2.59. The summed E-state index contributed by atoms with van der Waals surface area (Å²) >= 11 is 0. The number of hydrogen-bond acceptors (Lipinski definition) is 5. The van der Waals surface area contributed by atoms with Crippen molar-refractivity contribution in [3.05, 3.63) is 41.6 Å². The van der Waals surface area contributed by atoms with Gasteiger partial charge in [-0.15, -0.1) is 0 Å². The lowest BCUT2D eigenvalue weighted by molar-refractivity contribution is 1.06. The predicted octanol–water partition coefficient (Wildman–Crippen LogP) is 2.01. The van der Waals surface area contributed by atoms with E-state index >= 15 is 0 Å². The third kappa shape index (κ3) is 2.23. The van der Waals surface area contributed by atoms with Crippen molar-refractivity contribution in [3.8, 4) is 6.07 Å². The van der Waals surface area contributed by atoms with Crippen LogP contribution in [-0.4, -0.2) is 17.0 Å². The van der Waals surface area contributed by atoms with Crippen LogP contribution in [0.2, 0.25) is 0 Å². The second-order valence-corrected chi connectivity index (χ2v) is 3.91. The molecule has 0 amide bonds. The number of nitrogen functional groups attached to an aromatic ring is 1. The van der Waals surface area contributed by atoms with Gasteiger partial charge in [0.2, 0.25) is 5.95 Å². The molecule has 0 aliphatic rings. The molecule has 2 rings (SSSR count). The van der Waals surface area contributed by atoms with E-state index in [1.54, 1.807) is 6.07 Å². The average molecular weight is 239 g/mol. The molecule has 90 valence electrons. The molecule has 1 aromatic carbocycles. The van der Waals surface area contributed by atoms with Gasteiger partial charge in [0.25, 0.3) is 0 Å². The molecule has 0 fully saturated rings. The van der Waals surface area contributed by atoms with E-state index in [0.717, 1.165) is 11.4 Å². The molecule has 0 radical (unpaired) electrons. The number of nitriles is 1. The normalized spacial score (nSPS) is 9.83. The first kappa shape index (κ1) is 11.9. The minimum absolute atomic E-state index is 0.228. The van der Waals surface area contributed by atoms with Crippen molar-refractivity contribution < 1.29 is 0 Å². The third-order valence-electron chi connectivity index (χ3n) is 2.59. The van der Waals surface area contributed by atoms with Gasteiger partial charge >= 0.3 is 0 Å². The van der Waals surface area contributed by atoms with Gasteiger partial charge in [-0.2, -0.15) is 10.2 Å². The van der Waals surface area contributed by atoms with Crippen LogP contribution in [-0.2, 0) is 0 Å². The Bertz CT molecular complexity index is 595. The fourth-order valence-corrected chi connectivity index (χ4v) is 1.73. The molecule has 0 aliphatic heterocycles. The summed E-state index contributed by atoms with van der Waals surface area (Å²) in [6.45, 7) is 1.85. The van der Waals surface area contributed by atoms with Crippen LogP contribution >= 0.6 is 0 Å². The minimum Gasteiger partial charge on any atom is -0.368 e. The number of aryl methyl sites for hydroxylation is 1. The maximum Gasteiger partial charge on any atom is 0.222 e. The first-order valence-corrected chi connectivity index (χ1v) is 5.46. The van der Waals surface area contributed by atoms with E-state index in [2.05, 4.69) is 16.0 Å². The van der Waals surface area contributed by atoms with Crippen molar-refractivity contribution in [1.82, 2.24) is 9.97 Å². The molecule has 0 unspecified atom stereocenters. The Morgan fingerprint density at radius 2 is 2.00 bits per heavy atom. The van der Waals surface area contributed by atoms with Gasteiger partial charge in [-0.05, 0) is 19.1 Å². The summed E-state index contributed by atoms with van der Waals surface area (Å²) in [5.74, 6) is 0.897. The summed E-state index contributed by atoms with van der Waals surface area (Å²) in [6, 6.07) is 11.3. The van der Waals surface area contributed by atoms with Gasteiger partial charge in [0.15, 0.2) is 0 Å². The SMILES string of the molecule is Cc1cc(N(C)c2ccccc2C#N)nc(N)n1. The van der Waals surface area contributed by atoms with Crippen molar-refractivity contribution in [2.75, 3.05) is 17.7 Å². The first-order chi connectivity index (χ1) is 8.61. The molecule has 0 bridgehead atoms. The van der Waals surface area contributed by atoms with Crippen LogP contribution in [0.1, 0.15) is 11.3 Å². The van der Waals surface area contributed by atoms with E-state index in [4.69, 9.17) is 11.0 Å². The van der Waals surface area contributed by atoms with E-state index in [0.29, 0.717) is 11.4 Å². The van der Waals surface area contributed by atoms with Crippen LogP contribution < -0.4 is 10.6 Å². The summed E-state index contributed by atoms with van der Waals surface area (Å²) < 4.78 is 0. The molecule has 2 aromatic rings. The van der Waals surface area contributed by atoms with Crippen LogP contribution in [0.3, 0.4) is 0 Å². The lowest BCUT2D eigenvalue weighted by atomic mass is 10.2. The number of nitrogens with zero attached hydrogens (tertiary/aromatic N) is 4. The zero-order valence-corrected chi connectivity index (χ0v) is 10.3. The molecule has 5 nitrogen and oxygen atoms in total. The van der Waals surface area contributed by atoms with Gasteiger partial charge in [0, 0.05) is 18.8 Å². The molecular formula is C13H13N5. The van der Waals surface area contributed by atoms with Crippen molar-refractivity contribution in [2.24, 2.45) is 0 Å². The highest BCUT2D eigenvalue weighted by molar-refractivity contribution is 5.67. The maximum atomic E-state index is 9.09. The van der Waals surface area contributed by atoms with E-state index in [1.807, 2.05) is 43.1 Å². The van der Waals surface area contributed by atoms with Gasteiger partial charge < -0.3 is 10.6 Å². The van der Waals surface area contributed by atoms with Crippen molar-refractivity contribution in [2.45, 2.75) is 6.92 Å². The van der Waals surface area contributed by atoms with Gasteiger partial charge in [0.05, 0.1) is 11.3 Å². The molecular weight excluding hydrogens is 226 g/mol. The zero-order valence-electron chi connectivity index (χ0n) is 10.3. The monoisotopic (exact) mass is 239 g/mol. The van der Waals surface area contributed by atoms with Crippen LogP contribution in [0.5, 0.6) is 0 Å². The predicted molar refractivity (Wildman–Crippen MR) is 70.4 cm³/mol. The fraction of sp³-hybridized carbons (Fsp3) is 0.154. The van der Waals surface area contributed by atoms with E-state index in [-0.39, 0.29) is 5.95 Å². The topological polar surface area (TPSA) is 78.8 Å². The van der Waals surface area contributed by atoms with Gasteiger partial charge in [0.1, 0.15) is 11.9 Å². The molecule has 1 aromatic heterocycles. The lowest BCUT2D eigenvalue weighted by Gasteiger charge is -2.19. The standard InChI is InChI=1S/C13H13N5/c1-9-7-12(17-13(15)16-9)18(2)11-6-4-3-5-10(11)8-14/h3-7H,1-2H3,(H2,15,16,17). The highest BCUT2D eigenvalue weighted by Crippen LogP contribution is 2.25. The Morgan fingerprint density at radius 1 is 1.28 bits per heavy atom. The number of para-hydroxylation sites is 1. The van der Waals surface area contributed by atoms with Crippen LogP contribution in [0.25, 0.3) is 0 Å². The summed E-state index contributed by atoms with van der Waals surface area (Å²) in [5.41, 5.74) is 7.80. The number of anilines is 3. The molecule has 5 heteroatoms. The maximum absolute atomic E-state index is 9.09. The quantitative estimate of drug-likeness (QED) is 0.867. The molecule has 0 aliphatic carbocycles. The largest absolute Gasteiger partial charge is 0.368 e. The van der Waals surface area contributed by atoms with Gasteiger partial charge in [-0.25, -0.2) is 4.98 Å². The smallest absolute Gasteiger partial charge is 0.222 e. The summed E-state index contributed by atoms with van der Waals surface area (Å²) in [4.78, 5) is 10.0. The van der Waals surface area contributed by atoms with Crippen molar-refractivity contribution in [1.29, 1.82) is 5.26 Å². The number of nitrogens with two attached hydrogens (primary N) is 1. The summed E-state index contributed by atoms with van der Waals surface area (Å²) in [5, 5.41) is 9.09. The Balaban J connectivity index is 2.48.